The molecule has 59 heavy (non-hydrogen) atoms. The van der Waals surface area contributed by atoms with Crippen molar-refractivity contribution < 1.29 is 0 Å². The second-order valence-electron chi connectivity index (χ2n) is 14.9. The van der Waals surface area contributed by atoms with Gasteiger partial charge in [0.1, 0.15) is 0 Å². The number of fused-ring (bicyclic) bond motifs is 4. The Bertz CT molecular complexity index is 3280. The SMILES string of the molecule is c1ccc(-c2cccc(-c3ccc(-c4nc(-c5cccc(-c6ccccc6)c5)nc(-c5ccc6ccccc6c5)n4)c(-n4c5ccccc5c5ccccc54)c3)c2)cc1. The van der Waals surface area contributed by atoms with Crippen molar-refractivity contribution in [1.82, 2.24) is 19.5 Å². The van der Waals surface area contributed by atoms with Crippen molar-refractivity contribution in [2.24, 2.45) is 0 Å². The van der Waals surface area contributed by atoms with Gasteiger partial charge in [0, 0.05) is 27.5 Å². The molecule has 2 heterocycles. The summed E-state index contributed by atoms with van der Waals surface area (Å²) in [5.74, 6) is 1.84. The van der Waals surface area contributed by atoms with E-state index in [-0.39, 0.29) is 0 Å². The molecule has 11 rings (SSSR count). The Morgan fingerprint density at radius 3 is 1.36 bits per heavy atom. The topological polar surface area (TPSA) is 43.6 Å². The summed E-state index contributed by atoms with van der Waals surface area (Å²) in [5, 5.41) is 4.68. The van der Waals surface area contributed by atoms with Crippen molar-refractivity contribution in [2.45, 2.75) is 0 Å². The first-order valence-corrected chi connectivity index (χ1v) is 19.9. The van der Waals surface area contributed by atoms with Gasteiger partial charge in [0.2, 0.25) is 0 Å². The van der Waals surface area contributed by atoms with Crippen LogP contribution in [0.4, 0.5) is 0 Å². The Kier molecular flexibility index (Phi) is 8.45. The molecule has 0 bridgehead atoms. The molecule has 2 aromatic heterocycles. The fraction of sp³-hybridized carbons (Fsp3) is 0. The number of hydrogen-bond donors (Lipinski definition) is 0. The highest BCUT2D eigenvalue weighted by atomic mass is 15.1. The number of rotatable bonds is 7. The van der Waals surface area contributed by atoms with Crippen LogP contribution >= 0.6 is 0 Å². The number of hydrogen-bond acceptors (Lipinski definition) is 3. The summed E-state index contributed by atoms with van der Waals surface area (Å²) in [6.07, 6.45) is 0. The highest BCUT2D eigenvalue weighted by Crippen LogP contribution is 2.39. The molecule has 11 aromatic rings. The lowest BCUT2D eigenvalue weighted by atomic mass is 9.97. The maximum Gasteiger partial charge on any atom is 0.166 e. The lowest BCUT2D eigenvalue weighted by Gasteiger charge is -2.17. The van der Waals surface area contributed by atoms with Gasteiger partial charge in [-0.05, 0) is 86.6 Å². The fourth-order valence-electron chi connectivity index (χ4n) is 8.33. The minimum absolute atomic E-state index is 0.602. The van der Waals surface area contributed by atoms with E-state index in [1.807, 2.05) is 6.07 Å². The number of nitrogens with zero attached hydrogens (tertiary/aromatic N) is 4. The average molecular weight is 753 g/mol. The van der Waals surface area contributed by atoms with Crippen molar-refractivity contribution in [3.63, 3.8) is 0 Å². The number of benzene rings is 9. The quantitative estimate of drug-likeness (QED) is 0.163. The normalized spacial score (nSPS) is 11.4. The molecule has 9 aromatic carbocycles. The Hall–Kier alpha value is -7.95. The van der Waals surface area contributed by atoms with Gasteiger partial charge in [-0.25, -0.2) is 15.0 Å². The van der Waals surface area contributed by atoms with Crippen molar-refractivity contribution in [1.29, 1.82) is 0 Å². The van der Waals surface area contributed by atoms with Gasteiger partial charge in [-0.3, -0.25) is 0 Å². The molecule has 0 atom stereocenters. The second kappa shape index (κ2) is 14.5. The zero-order valence-corrected chi connectivity index (χ0v) is 32.1. The monoisotopic (exact) mass is 752 g/mol. The standard InChI is InChI=1S/C55H36N4/c1-3-15-37(16-4-1)41-21-13-23-43(33-41)44-31-32-49(52(36-44)59-50-27-11-9-25-47(50)48-26-10-12-28-51(48)59)55-57-53(45-24-14-22-42(34-45)38-17-5-2-6-18-38)56-54(58-55)46-30-29-39-19-7-8-20-40(39)35-46/h1-36H. The van der Waals surface area contributed by atoms with Crippen LogP contribution < -0.4 is 0 Å². The van der Waals surface area contributed by atoms with Gasteiger partial charge in [-0.1, -0.05) is 176 Å². The molecule has 0 spiro atoms. The molecule has 0 amide bonds. The summed E-state index contributed by atoms with van der Waals surface area (Å²) < 4.78 is 2.37. The van der Waals surface area contributed by atoms with Gasteiger partial charge in [0.05, 0.1) is 16.7 Å². The van der Waals surface area contributed by atoms with Crippen LogP contribution in [0.25, 0.3) is 106 Å². The molecular weight excluding hydrogens is 717 g/mol. The third-order valence-electron chi connectivity index (χ3n) is 11.2. The van der Waals surface area contributed by atoms with E-state index in [9.17, 15) is 0 Å². The summed E-state index contributed by atoms with van der Waals surface area (Å²) in [6, 6.07) is 77.1. The van der Waals surface area contributed by atoms with Gasteiger partial charge < -0.3 is 4.57 Å². The average Bonchev–Trinajstić information content (AvgIpc) is 3.66. The third kappa shape index (κ3) is 6.34. The van der Waals surface area contributed by atoms with E-state index in [1.165, 1.54) is 27.3 Å². The van der Waals surface area contributed by atoms with Crippen LogP contribution in [0.1, 0.15) is 0 Å². The van der Waals surface area contributed by atoms with Gasteiger partial charge >= 0.3 is 0 Å². The molecule has 0 saturated carbocycles. The van der Waals surface area contributed by atoms with Gasteiger partial charge in [-0.15, -0.1) is 0 Å². The molecular formula is C55H36N4. The molecule has 0 aliphatic carbocycles. The first-order chi connectivity index (χ1) is 29.2. The largest absolute Gasteiger partial charge is 0.308 e. The highest BCUT2D eigenvalue weighted by molar-refractivity contribution is 6.09. The van der Waals surface area contributed by atoms with Crippen LogP contribution in [0.2, 0.25) is 0 Å². The van der Waals surface area contributed by atoms with Crippen molar-refractivity contribution >= 4 is 32.6 Å². The predicted octanol–water partition coefficient (Wildman–Crippen LogP) is 14.1. The summed E-state index contributed by atoms with van der Waals surface area (Å²) in [7, 11) is 0. The van der Waals surface area contributed by atoms with E-state index in [4.69, 9.17) is 15.0 Å². The molecule has 0 saturated heterocycles. The van der Waals surface area contributed by atoms with Crippen LogP contribution in [0, 0.1) is 0 Å². The molecule has 276 valence electrons. The lowest BCUT2D eigenvalue weighted by molar-refractivity contribution is 1.07. The van der Waals surface area contributed by atoms with Gasteiger partial charge in [0.15, 0.2) is 17.5 Å². The van der Waals surface area contributed by atoms with Gasteiger partial charge in [0.25, 0.3) is 0 Å². The van der Waals surface area contributed by atoms with E-state index in [0.29, 0.717) is 17.5 Å². The van der Waals surface area contributed by atoms with Crippen molar-refractivity contribution in [3.8, 4) is 73.2 Å². The predicted molar refractivity (Wildman–Crippen MR) is 244 cm³/mol. The Labute approximate surface area is 342 Å². The van der Waals surface area contributed by atoms with Crippen LogP contribution in [0.15, 0.2) is 218 Å². The molecule has 0 radical (unpaired) electrons. The zero-order chi connectivity index (χ0) is 39.1. The number of para-hydroxylation sites is 2. The summed E-state index contributed by atoms with van der Waals surface area (Å²) in [4.78, 5) is 15.9. The highest BCUT2D eigenvalue weighted by Gasteiger charge is 2.21. The number of aromatic nitrogens is 4. The van der Waals surface area contributed by atoms with Crippen molar-refractivity contribution in [3.05, 3.63) is 218 Å². The third-order valence-corrected chi connectivity index (χ3v) is 11.2. The smallest absolute Gasteiger partial charge is 0.166 e. The zero-order valence-electron chi connectivity index (χ0n) is 32.1. The molecule has 4 heteroatoms. The summed E-state index contributed by atoms with van der Waals surface area (Å²) in [5.41, 5.74) is 12.8. The van der Waals surface area contributed by atoms with E-state index in [2.05, 4.69) is 217 Å². The summed E-state index contributed by atoms with van der Waals surface area (Å²) in [6.45, 7) is 0. The summed E-state index contributed by atoms with van der Waals surface area (Å²) >= 11 is 0. The first-order valence-electron chi connectivity index (χ1n) is 19.9. The van der Waals surface area contributed by atoms with Crippen LogP contribution in [-0.2, 0) is 0 Å². The van der Waals surface area contributed by atoms with Crippen LogP contribution in [0.5, 0.6) is 0 Å². The van der Waals surface area contributed by atoms with E-state index in [0.717, 1.165) is 61.1 Å². The minimum atomic E-state index is 0.602. The molecule has 0 unspecified atom stereocenters. The maximum atomic E-state index is 5.35. The minimum Gasteiger partial charge on any atom is -0.308 e. The molecule has 0 aliphatic rings. The molecule has 4 nitrogen and oxygen atoms in total. The molecule has 0 fully saturated rings. The Morgan fingerprint density at radius 1 is 0.271 bits per heavy atom. The van der Waals surface area contributed by atoms with E-state index in [1.54, 1.807) is 0 Å². The van der Waals surface area contributed by atoms with Crippen LogP contribution in [-0.4, -0.2) is 19.5 Å². The van der Waals surface area contributed by atoms with E-state index >= 15 is 0 Å². The van der Waals surface area contributed by atoms with E-state index < -0.39 is 0 Å². The second-order valence-corrected chi connectivity index (χ2v) is 14.9. The lowest BCUT2D eigenvalue weighted by Crippen LogP contribution is -2.04. The Balaban J connectivity index is 1.17. The van der Waals surface area contributed by atoms with Crippen LogP contribution in [0.3, 0.4) is 0 Å². The molecule has 0 aliphatic heterocycles. The fourth-order valence-corrected chi connectivity index (χ4v) is 8.33. The Morgan fingerprint density at radius 2 is 0.712 bits per heavy atom. The molecule has 0 N–H and O–H groups in total. The first kappa shape index (κ1) is 34.3. The van der Waals surface area contributed by atoms with Crippen molar-refractivity contribution in [2.75, 3.05) is 0 Å². The maximum absolute atomic E-state index is 5.35. The van der Waals surface area contributed by atoms with Gasteiger partial charge in [-0.2, -0.15) is 0 Å².